The molecule has 0 spiro atoms. The average Bonchev–Trinajstić information content (AvgIpc) is 3.43. The summed E-state index contributed by atoms with van der Waals surface area (Å²) in [6, 6.07) is 24.9. The van der Waals surface area contributed by atoms with Gasteiger partial charge in [-0.05, 0) is 30.3 Å². The molecule has 1 aromatic heterocycles. The second kappa shape index (κ2) is 10.3. The lowest BCUT2D eigenvalue weighted by molar-refractivity contribution is -0.133. The summed E-state index contributed by atoms with van der Waals surface area (Å²) >= 11 is 0. The number of piperazine rings is 1. The summed E-state index contributed by atoms with van der Waals surface area (Å²) in [4.78, 5) is 21.3. The average molecular weight is 471 g/mol. The van der Waals surface area contributed by atoms with Gasteiger partial charge < -0.3 is 23.8 Å². The van der Waals surface area contributed by atoms with Crippen LogP contribution in [0.5, 0.6) is 11.5 Å². The van der Waals surface area contributed by atoms with Gasteiger partial charge in [0.05, 0.1) is 12.8 Å². The minimum absolute atomic E-state index is 0.0305. The van der Waals surface area contributed by atoms with Crippen LogP contribution < -0.4 is 14.4 Å². The van der Waals surface area contributed by atoms with Crippen LogP contribution in [0.25, 0.3) is 22.8 Å². The van der Waals surface area contributed by atoms with E-state index in [0.717, 1.165) is 35.7 Å². The molecule has 35 heavy (non-hydrogen) atoms. The van der Waals surface area contributed by atoms with Gasteiger partial charge in [-0.15, -0.1) is 0 Å². The van der Waals surface area contributed by atoms with Gasteiger partial charge >= 0.3 is 0 Å². The Morgan fingerprint density at radius 2 is 1.66 bits per heavy atom. The number of carbonyl (C=O) groups is 1. The molecule has 1 aliphatic heterocycles. The molecule has 0 saturated carbocycles. The summed E-state index contributed by atoms with van der Waals surface area (Å²) in [5.41, 5.74) is 2.66. The number of amides is 1. The summed E-state index contributed by atoms with van der Waals surface area (Å²) in [5.74, 6) is 2.29. The number of rotatable bonds is 7. The number of aromatic nitrogens is 2. The van der Waals surface area contributed by atoms with E-state index in [2.05, 4.69) is 15.0 Å². The number of benzene rings is 3. The standard InChI is InChI=1S/C27H26N4O4/c1-33-24-13-6-5-12-23(24)30-14-16-31(17-15-30)25(32)19-34-22-11-7-10-21(18-22)27-28-26(29-35-27)20-8-3-2-4-9-20/h2-13,18H,14-17,19H2,1H3. The Morgan fingerprint density at radius 3 is 2.46 bits per heavy atom. The molecule has 0 radical (unpaired) electrons. The fourth-order valence-corrected chi connectivity index (χ4v) is 4.09. The number of carbonyl (C=O) groups excluding carboxylic acids is 1. The topological polar surface area (TPSA) is 80.9 Å². The zero-order valence-electron chi connectivity index (χ0n) is 19.5. The quantitative estimate of drug-likeness (QED) is 0.402. The van der Waals surface area contributed by atoms with Gasteiger partial charge in [-0.2, -0.15) is 4.98 Å². The first-order chi connectivity index (χ1) is 17.2. The van der Waals surface area contributed by atoms with Crippen molar-refractivity contribution in [2.45, 2.75) is 0 Å². The van der Waals surface area contributed by atoms with Crippen LogP contribution in [0.1, 0.15) is 0 Å². The zero-order valence-corrected chi connectivity index (χ0v) is 19.5. The van der Waals surface area contributed by atoms with Crippen molar-refractivity contribution in [2.75, 3.05) is 44.8 Å². The van der Waals surface area contributed by atoms with Gasteiger partial charge in [0.15, 0.2) is 6.61 Å². The molecule has 1 amide bonds. The van der Waals surface area contributed by atoms with E-state index in [4.69, 9.17) is 14.0 Å². The molecule has 3 aromatic carbocycles. The van der Waals surface area contributed by atoms with E-state index in [-0.39, 0.29) is 12.5 Å². The molecule has 1 saturated heterocycles. The third kappa shape index (κ3) is 5.11. The Bertz CT molecular complexity index is 1280. The molecule has 0 N–H and O–H groups in total. The highest BCUT2D eigenvalue weighted by molar-refractivity contribution is 5.78. The Morgan fingerprint density at radius 1 is 0.914 bits per heavy atom. The van der Waals surface area contributed by atoms with E-state index in [0.29, 0.717) is 30.6 Å². The molecule has 0 aliphatic carbocycles. The van der Waals surface area contributed by atoms with E-state index in [1.54, 1.807) is 13.2 Å². The van der Waals surface area contributed by atoms with E-state index in [1.807, 2.05) is 77.7 Å². The van der Waals surface area contributed by atoms with E-state index < -0.39 is 0 Å². The van der Waals surface area contributed by atoms with E-state index >= 15 is 0 Å². The first-order valence-electron chi connectivity index (χ1n) is 11.5. The molecule has 2 heterocycles. The molecule has 1 aliphatic rings. The molecule has 178 valence electrons. The zero-order chi connectivity index (χ0) is 24.0. The highest BCUT2D eigenvalue weighted by atomic mass is 16.5. The monoisotopic (exact) mass is 470 g/mol. The molecular formula is C27H26N4O4. The predicted octanol–water partition coefficient (Wildman–Crippen LogP) is 4.14. The third-order valence-electron chi connectivity index (χ3n) is 5.96. The summed E-state index contributed by atoms with van der Waals surface area (Å²) < 4.78 is 16.7. The molecule has 0 unspecified atom stereocenters. The first-order valence-corrected chi connectivity index (χ1v) is 11.5. The molecule has 5 rings (SSSR count). The molecule has 0 atom stereocenters. The van der Waals surface area contributed by atoms with Crippen molar-refractivity contribution in [1.82, 2.24) is 15.0 Å². The normalized spacial score (nSPS) is 13.5. The van der Waals surface area contributed by atoms with Crippen LogP contribution in [0.15, 0.2) is 83.4 Å². The predicted molar refractivity (Wildman–Crippen MR) is 132 cm³/mol. The Balaban J connectivity index is 1.17. The Kier molecular flexibility index (Phi) is 6.61. The first kappa shape index (κ1) is 22.5. The van der Waals surface area contributed by atoms with Crippen molar-refractivity contribution in [3.05, 3.63) is 78.9 Å². The second-order valence-electron chi connectivity index (χ2n) is 8.15. The maximum atomic E-state index is 12.8. The number of hydrogen-bond acceptors (Lipinski definition) is 7. The van der Waals surface area contributed by atoms with Crippen LogP contribution in [0, 0.1) is 0 Å². The number of para-hydroxylation sites is 2. The fourth-order valence-electron chi connectivity index (χ4n) is 4.09. The van der Waals surface area contributed by atoms with Gasteiger partial charge in [0.25, 0.3) is 11.8 Å². The Labute approximate surface area is 203 Å². The summed E-state index contributed by atoms with van der Waals surface area (Å²) in [7, 11) is 1.67. The minimum atomic E-state index is -0.0424. The lowest BCUT2D eigenvalue weighted by Crippen LogP contribution is -2.50. The molecule has 0 bridgehead atoms. The Hall–Kier alpha value is -4.33. The number of ether oxygens (including phenoxy) is 2. The number of hydrogen-bond donors (Lipinski definition) is 0. The van der Waals surface area contributed by atoms with Crippen molar-refractivity contribution in [2.24, 2.45) is 0 Å². The van der Waals surface area contributed by atoms with Gasteiger partial charge in [0.1, 0.15) is 11.5 Å². The lowest BCUT2D eigenvalue weighted by atomic mass is 10.2. The number of anilines is 1. The minimum Gasteiger partial charge on any atom is -0.495 e. The smallest absolute Gasteiger partial charge is 0.260 e. The maximum Gasteiger partial charge on any atom is 0.260 e. The van der Waals surface area contributed by atoms with Crippen LogP contribution in [-0.2, 0) is 4.79 Å². The molecule has 4 aromatic rings. The van der Waals surface area contributed by atoms with Crippen molar-refractivity contribution < 1.29 is 18.8 Å². The molecule has 8 heteroatoms. The lowest BCUT2D eigenvalue weighted by Gasteiger charge is -2.36. The van der Waals surface area contributed by atoms with E-state index in [9.17, 15) is 4.79 Å². The number of nitrogens with zero attached hydrogens (tertiary/aromatic N) is 4. The summed E-state index contributed by atoms with van der Waals surface area (Å²) in [6.45, 7) is 2.71. The van der Waals surface area contributed by atoms with Crippen LogP contribution in [0.3, 0.4) is 0 Å². The largest absolute Gasteiger partial charge is 0.495 e. The van der Waals surface area contributed by atoms with Gasteiger partial charge in [-0.1, -0.05) is 53.7 Å². The summed E-state index contributed by atoms with van der Waals surface area (Å²) in [5, 5.41) is 4.07. The van der Waals surface area contributed by atoms with Crippen molar-refractivity contribution >= 4 is 11.6 Å². The van der Waals surface area contributed by atoms with Gasteiger partial charge in [-0.25, -0.2) is 0 Å². The molecular weight excluding hydrogens is 444 g/mol. The highest BCUT2D eigenvalue weighted by Crippen LogP contribution is 2.28. The number of methoxy groups -OCH3 is 1. The molecule has 8 nitrogen and oxygen atoms in total. The fraction of sp³-hybridized carbons (Fsp3) is 0.222. The molecule has 1 fully saturated rings. The maximum absolute atomic E-state index is 12.8. The SMILES string of the molecule is COc1ccccc1N1CCN(C(=O)COc2cccc(-c3nc(-c4ccccc4)no3)c2)CC1. The highest BCUT2D eigenvalue weighted by Gasteiger charge is 2.23. The van der Waals surface area contributed by atoms with Crippen LogP contribution in [-0.4, -0.2) is 60.8 Å². The van der Waals surface area contributed by atoms with Crippen LogP contribution >= 0.6 is 0 Å². The van der Waals surface area contributed by atoms with Gasteiger partial charge in [-0.3, -0.25) is 4.79 Å². The van der Waals surface area contributed by atoms with Crippen LogP contribution in [0.4, 0.5) is 5.69 Å². The third-order valence-corrected chi connectivity index (χ3v) is 5.96. The van der Waals surface area contributed by atoms with Crippen molar-refractivity contribution in [3.8, 4) is 34.3 Å². The van der Waals surface area contributed by atoms with Crippen LogP contribution in [0.2, 0.25) is 0 Å². The van der Waals surface area contributed by atoms with Gasteiger partial charge in [0.2, 0.25) is 5.82 Å². The van der Waals surface area contributed by atoms with Crippen molar-refractivity contribution in [3.63, 3.8) is 0 Å². The van der Waals surface area contributed by atoms with E-state index in [1.165, 1.54) is 0 Å². The van der Waals surface area contributed by atoms with Crippen molar-refractivity contribution in [1.29, 1.82) is 0 Å². The van der Waals surface area contributed by atoms with Gasteiger partial charge in [0, 0.05) is 37.3 Å². The second-order valence-corrected chi connectivity index (χ2v) is 8.15. The summed E-state index contributed by atoms with van der Waals surface area (Å²) in [6.07, 6.45) is 0.